The molecule has 1 heterocycles. The maximum Gasteiger partial charge on any atom is 0.158 e. The zero-order chi connectivity index (χ0) is 24.6. The second-order valence-corrected chi connectivity index (χ2v) is 13.5. The van der Waals surface area contributed by atoms with Crippen molar-refractivity contribution in [1.29, 1.82) is 5.26 Å². The largest absolute Gasteiger partial charge is 0.396 e. The van der Waals surface area contributed by atoms with E-state index in [0.29, 0.717) is 60.0 Å². The summed E-state index contributed by atoms with van der Waals surface area (Å²) in [7, 11) is 1.87. The van der Waals surface area contributed by atoms with Crippen LogP contribution in [0.3, 0.4) is 0 Å². The van der Waals surface area contributed by atoms with Gasteiger partial charge in [-0.25, -0.2) is 0 Å². The van der Waals surface area contributed by atoms with E-state index in [-0.39, 0.29) is 22.2 Å². The summed E-state index contributed by atoms with van der Waals surface area (Å²) in [5.74, 6) is 4.37. The Morgan fingerprint density at radius 2 is 2.06 bits per heavy atom. The summed E-state index contributed by atoms with van der Waals surface area (Å²) < 4.78 is 7.62. The molecule has 6 rings (SSSR count). The van der Waals surface area contributed by atoms with Crippen LogP contribution in [0.2, 0.25) is 0 Å². The first-order chi connectivity index (χ1) is 16.8. The molecule has 3 unspecified atom stereocenters. The molecule has 0 amide bonds. The standard InChI is InChI=1S/C29H41N3O3/c1-27(16-33)8-9-29(17-35-3)19(11-27)4-5-20-23(29)6-7-28(2)25(20)21-10-22(21)26(28)24(34)15-32-14-18(12-30)13-31-32/h13-14,19-23,25-26,33H,4-11,15-17H2,1-3H3/t19-,20-,21?,22?,23+,25-,26?,27-,28+,29-/m1/s1. The molecular formula is C29H41N3O3. The molecule has 1 N–H and O–H groups in total. The number of hydrogen-bond donors (Lipinski definition) is 1. The molecule has 5 aliphatic carbocycles. The second kappa shape index (κ2) is 8.15. The first kappa shape index (κ1) is 23.7. The Balaban J connectivity index is 1.26. The van der Waals surface area contributed by atoms with Crippen molar-refractivity contribution in [3.05, 3.63) is 18.0 Å². The van der Waals surface area contributed by atoms with Gasteiger partial charge in [-0.3, -0.25) is 9.48 Å². The fourth-order valence-corrected chi connectivity index (χ4v) is 10.4. The Labute approximate surface area is 209 Å². The number of aliphatic hydroxyl groups is 1. The van der Waals surface area contributed by atoms with E-state index < -0.39 is 0 Å². The van der Waals surface area contributed by atoms with Crippen molar-refractivity contribution in [1.82, 2.24) is 9.78 Å². The zero-order valence-corrected chi connectivity index (χ0v) is 21.6. The Morgan fingerprint density at radius 1 is 1.23 bits per heavy atom. The highest BCUT2D eigenvalue weighted by molar-refractivity contribution is 5.83. The number of ether oxygens (including phenoxy) is 1. The van der Waals surface area contributed by atoms with Gasteiger partial charge in [-0.1, -0.05) is 13.8 Å². The molecule has 6 nitrogen and oxygen atoms in total. The fourth-order valence-electron chi connectivity index (χ4n) is 10.4. The van der Waals surface area contributed by atoms with Crippen LogP contribution in [0.1, 0.15) is 70.8 Å². The molecule has 0 bridgehead atoms. The van der Waals surface area contributed by atoms with E-state index in [0.717, 1.165) is 25.9 Å². The van der Waals surface area contributed by atoms with E-state index in [2.05, 4.69) is 25.0 Å². The number of aromatic nitrogens is 2. The summed E-state index contributed by atoms with van der Waals surface area (Å²) in [4.78, 5) is 13.7. The molecular weight excluding hydrogens is 438 g/mol. The molecule has 5 saturated carbocycles. The summed E-state index contributed by atoms with van der Waals surface area (Å²) in [5.41, 5.74) is 0.903. The molecule has 0 aromatic carbocycles. The van der Waals surface area contributed by atoms with Crippen LogP contribution in [0.25, 0.3) is 0 Å². The lowest BCUT2D eigenvalue weighted by atomic mass is 9.42. The molecule has 6 heteroatoms. The van der Waals surface area contributed by atoms with Gasteiger partial charge in [-0.2, -0.15) is 10.4 Å². The van der Waals surface area contributed by atoms with Gasteiger partial charge in [0.05, 0.1) is 24.9 Å². The van der Waals surface area contributed by atoms with E-state index >= 15 is 0 Å². The number of rotatable bonds is 6. The van der Waals surface area contributed by atoms with Crippen LogP contribution >= 0.6 is 0 Å². The van der Waals surface area contributed by atoms with Gasteiger partial charge < -0.3 is 9.84 Å². The lowest BCUT2D eigenvalue weighted by Crippen LogP contribution is -2.58. The highest BCUT2D eigenvalue weighted by Gasteiger charge is 2.72. The number of hydrogen-bond acceptors (Lipinski definition) is 5. The average molecular weight is 480 g/mol. The smallest absolute Gasteiger partial charge is 0.158 e. The van der Waals surface area contributed by atoms with Crippen LogP contribution < -0.4 is 0 Å². The monoisotopic (exact) mass is 479 g/mol. The molecule has 0 saturated heterocycles. The third kappa shape index (κ3) is 3.40. The zero-order valence-electron chi connectivity index (χ0n) is 21.6. The van der Waals surface area contributed by atoms with Crippen molar-refractivity contribution >= 4 is 5.78 Å². The van der Waals surface area contributed by atoms with Crippen molar-refractivity contribution in [2.24, 2.45) is 57.7 Å². The number of carbonyl (C=O) groups excluding carboxylic acids is 1. The van der Waals surface area contributed by atoms with Crippen molar-refractivity contribution in [2.45, 2.75) is 71.8 Å². The minimum atomic E-state index is 0.0578. The number of aliphatic hydroxyl groups excluding tert-OH is 1. The summed E-state index contributed by atoms with van der Waals surface area (Å²) in [6.07, 6.45) is 12.7. The minimum absolute atomic E-state index is 0.0578. The number of ketones is 1. The van der Waals surface area contributed by atoms with Crippen molar-refractivity contribution in [3.63, 3.8) is 0 Å². The van der Waals surface area contributed by atoms with Gasteiger partial charge in [0.1, 0.15) is 6.07 Å². The van der Waals surface area contributed by atoms with Crippen molar-refractivity contribution in [2.75, 3.05) is 20.3 Å². The van der Waals surface area contributed by atoms with Crippen LogP contribution in [-0.2, 0) is 16.1 Å². The normalized spacial score (nSPS) is 47.7. The Bertz CT molecular complexity index is 1050. The summed E-state index contributed by atoms with van der Waals surface area (Å²) >= 11 is 0. The Hall–Kier alpha value is -1.71. The molecule has 10 atom stereocenters. The summed E-state index contributed by atoms with van der Waals surface area (Å²) in [5, 5.41) is 23.5. The van der Waals surface area contributed by atoms with Crippen LogP contribution in [-0.4, -0.2) is 41.0 Å². The number of nitrogens with zero attached hydrogens (tertiary/aromatic N) is 3. The van der Waals surface area contributed by atoms with Crippen LogP contribution in [0.4, 0.5) is 0 Å². The van der Waals surface area contributed by atoms with E-state index in [9.17, 15) is 9.90 Å². The Kier molecular flexibility index (Phi) is 5.51. The predicted molar refractivity (Wildman–Crippen MR) is 131 cm³/mol. The van der Waals surface area contributed by atoms with Gasteiger partial charge in [-0.05, 0) is 103 Å². The molecule has 1 aromatic heterocycles. The predicted octanol–water partition coefficient (Wildman–Crippen LogP) is 4.46. The molecule has 5 fully saturated rings. The maximum atomic E-state index is 13.7. The van der Waals surface area contributed by atoms with Gasteiger partial charge in [0, 0.05) is 25.8 Å². The van der Waals surface area contributed by atoms with E-state index in [4.69, 9.17) is 10.00 Å². The first-order valence-electron chi connectivity index (χ1n) is 13.8. The van der Waals surface area contributed by atoms with E-state index in [1.165, 1.54) is 32.1 Å². The van der Waals surface area contributed by atoms with Crippen molar-refractivity contribution in [3.8, 4) is 6.07 Å². The topological polar surface area (TPSA) is 88.1 Å². The lowest BCUT2D eigenvalue weighted by Gasteiger charge is -2.63. The van der Waals surface area contributed by atoms with Crippen LogP contribution in [0.15, 0.2) is 12.4 Å². The molecule has 0 radical (unpaired) electrons. The molecule has 190 valence electrons. The molecule has 0 spiro atoms. The van der Waals surface area contributed by atoms with E-state index in [1.54, 1.807) is 17.1 Å². The number of carbonyl (C=O) groups is 1. The third-order valence-corrected chi connectivity index (χ3v) is 11.8. The van der Waals surface area contributed by atoms with Crippen molar-refractivity contribution < 1.29 is 14.6 Å². The highest BCUT2D eigenvalue weighted by atomic mass is 16.5. The molecule has 5 aliphatic rings. The number of Topliss-reactive ketones (excluding diaryl/α,β-unsaturated/α-hetero) is 1. The van der Waals surface area contributed by atoms with Gasteiger partial charge in [0.25, 0.3) is 0 Å². The SMILES string of the molecule is COC[C@]12CC[C@@](C)(CO)C[C@H]1CC[C@@H]1[C@@H]2CC[C@]2(C)C(C(=O)Cn3cc(C#N)cn3)C3CC3[C@@H]12. The second-order valence-electron chi connectivity index (χ2n) is 13.5. The van der Waals surface area contributed by atoms with Crippen LogP contribution in [0.5, 0.6) is 0 Å². The van der Waals surface area contributed by atoms with Gasteiger partial charge >= 0.3 is 0 Å². The first-order valence-corrected chi connectivity index (χ1v) is 13.8. The van der Waals surface area contributed by atoms with Gasteiger partial charge in [0.15, 0.2) is 5.78 Å². The third-order valence-electron chi connectivity index (χ3n) is 11.8. The lowest BCUT2D eigenvalue weighted by molar-refractivity contribution is -0.171. The quantitative estimate of drug-likeness (QED) is 0.651. The highest BCUT2D eigenvalue weighted by Crippen LogP contribution is 2.76. The molecule has 35 heavy (non-hydrogen) atoms. The molecule has 1 aromatic rings. The number of fused-ring (bicyclic) bond motifs is 7. The number of methoxy groups -OCH3 is 1. The van der Waals surface area contributed by atoms with Crippen LogP contribution in [0, 0.1) is 69.0 Å². The molecule has 0 aliphatic heterocycles. The maximum absolute atomic E-state index is 13.7. The minimum Gasteiger partial charge on any atom is -0.396 e. The van der Waals surface area contributed by atoms with Gasteiger partial charge in [0.2, 0.25) is 0 Å². The summed E-state index contributed by atoms with van der Waals surface area (Å²) in [6, 6.07) is 2.12. The average Bonchev–Trinajstić information content (AvgIpc) is 3.35. The Morgan fingerprint density at radius 3 is 2.77 bits per heavy atom. The fraction of sp³-hybridized carbons (Fsp3) is 0.828. The number of nitriles is 1. The summed E-state index contributed by atoms with van der Waals surface area (Å²) in [6.45, 7) is 6.14. The van der Waals surface area contributed by atoms with E-state index in [1.807, 2.05) is 7.11 Å². The van der Waals surface area contributed by atoms with Gasteiger partial charge in [-0.15, -0.1) is 0 Å².